The summed E-state index contributed by atoms with van der Waals surface area (Å²) in [6.45, 7) is 0. The molecule has 9 aliphatic carbocycles. The summed E-state index contributed by atoms with van der Waals surface area (Å²) >= 11 is 0. The van der Waals surface area contributed by atoms with E-state index in [-0.39, 0.29) is 0 Å². The van der Waals surface area contributed by atoms with Crippen LogP contribution in [-0.4, -0.2) is 0 Å². The van der Waals surface area contributed by atoms with Crippen LogP contribution in [0.15, 0.2) is 146 Å². The van der Waals surface area contributed by atoms with Crippen molar-refractivity contribution < 1.29 is 0 Å². The van der Waals surface area contributed by atoms with Crippen LogP contribution in [0.3, 0.4) is 0 Å². The van der Waals surface area contributed by atoms with Crippen molar-refractivity contribution in [2.45, 2.75) is 132 Å². The van der Waals surface area contributed by atoms with Crippen LogP contribution >= 0.6 is 0 Å². The standard InChI is InChI=1S/C66H69N/c1(49-7-19-58(20-8-49)64-40-31-55(32-41-64)33-42-64)4-52-13-25-61(26-14-52)67(62-27-15-53(16-28-62)5-2-50-9-21-59(22-10-50)65-43-34-56(35-44-65)36-45-65)63-29-17-54(18-30-63)6-3-51-11-23-60(24-12-51)66-46-37-57(38-47-66)39-48-66/h1-30,55-57H,31-48H2. The zero-order valence-corrected chi connectivity index (χ0v) is 39.7. The summed E-state index contributed by atoms with van der Waals surface area (Å²) in [6.07, 6.45) is 38.8. The molecule has 6 aromatic rings. The molecule has 0 aromatic heterocycles. The summed E-state index contributed by atoms with van der Waals surface area (Å²) < 4.78 is 0. The number of hydrogen-bond donors (Lipinski definition) is 0. The highest BCUT2D eigenvalue weighted by Crippen LogP contribution is 2.54. The van der Waals surface area contributed by atoms with E-state index in [1.807, 2.05) is 0 Å². The summed E-state index contributed by atoms with van der Waals surface area (Å²) in [7, 11) is 0. The van der Waals surface area contributed by atoms with Crippen molar-refractivity contribution in [1.29, 1.82) is 0 Å². The van der Waals surface area contributed by atoms with Crippen LogP contribution in [0.5, 0.6) is 0 Å². The van der Waals surface area contributed by atoms with Gasteiger partial charge in [-0.25, -0.2) is 0 Å². The first-order chi connectivity index (χ1) is 33.0. The molecule has 9 saturated carbocycles. The number of nitrogens with zero attached hydrogens (tertiary/aromatic N) is 1. The van der Waals surface area contributed by atoms with Gasteiger partial charge in [0.25, 0.3) is 0 Å². The first-order valence-electron chi connectivity index (χ1n) is 26.4. The number of benzene rings is 6. The SMILES string of the molecule is C(=Cc1ccc(C23CCC(CC2)CC3)cc1)c1ccc(N(c2ccc(C=Cc3ccc(C45CCC(CC4)CC5)cc3)cc2)c2ccc(C=Cc3ccc(C45CCC(CC4)CC5)cc3)cc2)cc1. The largest absolute Gasteiger partial charge is 0.311 e. The zero-order chi connectivity index (χ0) is 44.7. The van der Waals surface area contributed by atoms with Crippen molar-refractivity contribution in [1.82, 2.24) is 0 Å². The highest BCUT2D eigenvalue weighted by Gasteiger charge is 2.43. The molecule has 6 bridgehead atoms. The second kappa shape index (κ2) is 18.1. The normalized spacial score (nSPS) is 27.7. The van der Waals surface area contributed by atoms with E-state index in [1.54, 1.807) is 16.7 Å². The third-order valence-electron chi connectivity index (χ3n) is 18.7. The molecule has 6 aromatic carbocycles. The van der Waals surface area contributed by atoms with Gasteiger partial charge in [-0.1, -0.05) is 146 Å². The van der Waals surface area contributed by atoms with Crippen LogP contribution in [-0.2, 0) is 16.2 Å². The van der Waals surface area contributed by atoms with Crippen molar-refractivity contribution in [3.63, 3.8) is 0 Å². The van der Waals surface area contributed by atoms with Gasteiger partial charge in [0.15, 0.2) is 0 Å². The van der Waals surface area contributed by atoms with E-state index >= 15 is 0 Å². The Labute approximate surface area is 401 Å². The molecule has 0 atom stereocenters. The fraction of sp³-hybridized carbons (Fsp3) is 0.364. The minimum absolute atomic E-state index is 0.438. The summed E-state index contributed by atoms with van der Waals surface area (Å²) in [5, 5.41) is 0. The lowest BCUT2D eigenvalue weighted by Gasteiger charge is -2.47. The third-order valence-corrected chi connectivity index (χ3v) is 18.7. The molecule has 0 saturated heterocycles. The lowest BCUT2D eigenvalue weighted by molar-refractivity contribution is 0.136. The number of fused-ring (bicyclic) bond motifs is 9. The zero-order valence-electron chi connectivity index (χ0n) is 39.7. The number of rotatable bonds is 12. The van der Waals surface area contributed by atoms with Gasteiger partial charge in [-0.15, -0.1) is 0 Å². The van der Waals surface area contributed by atoms with E-state index in [0.717, 1.165) is 34.8 Å². The maximum absolute atomic E-state index is 2.42. The molecule has 0 spiro atoms. The van der Waals surface area contributed by atoms with Gasteiger partial charge in [0.05, 0.1) is 0 Å². The molecular weight excluding hydrogens is 807 g/mol. The topological polar surface area (TPSA) is 3.24 Å². The quantitative estimate of drug-likeness (QED) is 0.111. The Morgan fingerprint density at radius 2 is 0.433 bits per heavy atom. The predicted octanol–water partition coefficient (Wildman–Crippen LogP) is 18.3. The predicted molar refractivity (Wildman–Crippen MR) is 286 cm³/mol. The van der Waals surface area contributed by atoms with Gasteiger partial charge in [0.2, 0.25) is 0 Å². The Kier molecular flexibility index (Phi) is 11.5. The van der Waals surface area contributed by atoms with Crippen LogP contribution in [0.4, 0.5) is 17.1 Å². The Hall–Kier alpha value is -5.66. The average molecular weight is 876 g/mol. The molecule has 1 nitrogen and oxygen atoms in total. The van der Waals surface area contributed by atoms with Crippen molar-refractivity contribution >= 4 is 53.5 Å². The van der Waals surface area contributed by atoms with E-state index < -0.39 is 0 Å². The van der Waals surface area contributed by atoms with Crippen molar-refractivity contribution in [3.8, 4) is 0 Å². The molecule has 1 heteroatoms. The molecule has 0 amide bonds. The van der Waals surface area contributed by atoms with Crippen molar-refractivity contribution in [2.75, 3.05) is 4.90 Å². The van der Waals surface area contributed by atoms with Crippen LogP contribution in [0, 0.1) is 17.8 Å². The van der Waals surface area contributed by atoms with E-state index in [1.165, 1.54) is 149 Å². The van der Waals surface area contributed by atoms with Gasteiger partial charge in [-0.05, 0) is 236 Å². The van der Waals surface area contributed by atoms with E-state index in [4.69, 9.17) is 0 Å². The Bertz CT molecular complexity index is 2360. The van der Waals surface area contributed by atoms with E-state index in [9.17, 15) is 0 Å². The Morgan fingerprint density at radius 1 is 0.254 bits per heavy atom. The van der Waals surface area contributed by atoms with Crippen molar-refractivity contribution in [2.24, 2.45) is 17.8 Å². The monoisotopic (exact) mass is 876 g/mol. The third kappa shape index (κ3) is 8.73. The van der Waals surface area contributed by atoms with Gasteiger partial charge in [-0.2, -0.15) is 0 Å². The highest BCUT2D eigenvalue weighted by molar-refractivity contribution is 5.80. The summed E-state index contributed by atoms with van der Waals surface area (Å²) in [5.41, 5.74) is 16.9. The van der Waals surface area contributed by atoms with Gasteiger partial charge in [0, 0.05) is 17.1 Å². The maximum Gasteiger partial charge on any atom is 0.0462 e. The maximum atomic E-state index is 2.42. The van der Waals surface area contributed by atoms with Gasteiger partial charge in [-0.3, -0.25) is 0 Å². The molecule has 9 aliphatic rings. The summed E-state index contributed by atoms with van der Waals surface area (Å²) in [5.74, 6) is 2.98. The minimum Gasteiger partial charge on any atom is -0.311 e. The fourth-order valence-corrected chi connectivity index (χ4v) is 14.1. The molecule has 0 N–H and O–H groups in total. The lowest BCUT2D eigenvalue weighted by Crippen LogP contribution is -2.37. The van der Waals surface area contributed by atoms with Crippen LogP contribution in [0.1, 0.15) is 166 Å². The van der Waals surface area contributed by atoms with Crippen LogP contribution in [0.2, 0.25) is 0 Å². The first-order valence-corrected chi connectivity index (χ1v) is 26.4. The highest BCUT2D eigenvalue weighted by atomic mass is 15.1. The smallest absolute Gasteiger partial charge is 0.0462 e. The second-order valence-corrected chi connectivity index (χ2v) is 22.3. The van der Waals surface area contributed by atoms with Gasteiger partial charge >= 0.3 is 0 Å². The summed E-state index contributed by atoms with van der Waals surface area (Å²) in [6, 6.07) is 55.7. The molecule has 0 unspecified atom stereocenters. The molecule has 67 heavy (non-hydrogen) atoms. The molecular formula is C66H69N. The first kappa shape index (κ1) is 42.7. The molecule has 0 aliphatic heterocycles. The molecule has 9 fully saturated rings. The fourth-order valence-electron chi connectivity index (χ4n) is 14.1. The molecule has 0 heterocycles. The molecule has 15 rings (SSSR count). The minimum atomic E-state index is 0.438. The Morgan fingerprint density at radius 3 is 0.627 bits per heavy atom. The average Bonchev–Trinajstić information content (AvgIpc) is 3.42. The summed E-state index contributed by atoms with van der Waals surface area (Å²) in [4.78, 5) is 2.39. The number of hydrogen-bond acceptors (Lipinski definition) is 1. The van der Waals surface area contributed by atoms with Gasteiger partial charge in [0.1, 0.15) is 0 Å². The van der Waals surface area contributed by atoms with E-state index in [2.05, 4.69) is 187 Å². The van der Waals surface area contributed by atoms with Crippen LogP contribution in [0.25, 0.3) is 36.5 Å². The van der Waals surface area contributed by atoms with Crippen LogP contribution < -0.4 is 4.90 Å². The molecule has 338 valence electrons. The van der Waals surface area contributed by atoms with Crippen molar-refractivity contribution in [3.05, 3.63) is 196 Å². The lowest BCUT2D eigenvalue weighted by atomic mass is 9.58. The van der Waals surface area contributed by atoms with Gasteiger partial charge < -0.3 is 4.90 Å². The number of anilines is 3. The van der Waals surface area contributed by atoms with E-state index in [0.29, 0.717) is 16.2 Å². The second-order valence-electron chi connectivity index (χ2n) is 22.3. The molecule has 0 radical (unpaired) electrons. The Balaban J connectivity index is 0.764.